The molecule has 1 aliphatic carbocycles. The van der Waals surface area contributed by atoms with E-state index in [1.54, 1.807) is 7.11 Å². The lowest BCUT2D eigenvalue weighted by Gasteiger charge is -2.54. The molecule has 184 valence electrons. The maximum absolute atomic E-state index is 8.49. The van der Waals surface area contributed by atoms with Crippen LogP contribution in [0.15, 0.2) is 103 Å². The van der Waals surface area contributed by atoms with E-state index in [1.807, 2.05) is 0 Å². The largest absolute Gasteiger partial charge is 0.496 e. The summed E-state index contributed by atoms with van der Waals surface area (Å²) in [6.45, 7) is 2.39. The van der Waals surface area contributed by atoms with Crippen molar-refractivity contribution in [2.75, 3.05) is 7.11 Å². The molecular formula is C29H26ClNO5. The van der Waals surface area contributed by atoms with E-state index < -0.39 is 10.2 Å². The van der Waals surface area contributed by atoms with Crippen LogP contribution in [0, 0.1) is 10.2 Å². The zero-order valence-corrected chi connectivity index (χ0v) is 20.7. The maximum Gasteiger partial charge on any atom is 0.192 e. The fourth-order valence-corrected chi connectivity index (χ4v) is 6.41. The lowest BCUT2D eigenvalue weighted by molar-refractivity contribution is -2.00. The summed E-state index contributed by atoms with van der Waals surface area (Å²) in [5.74, 6) is 1.14. The molecule has 4 aromatic rings. The molecule has 2 bridgehead atoms. The topological polar surface area (TPSA) is 105 Å². The summed E-state index contributed by atoms with van der Waals surface area (Å²) in [5.41, 5.74) is 6.43. The highest BCUT2D eigenvalue weighted by atomic mass is 35.7. The van der Waals surface area contributed by atoms with Gasteiger partial charge < -0.3 is 4.74 Å². The van der Waals surface area contributed by atoms with Gasteiger partial charge in [0, 0.05) is 42.0 Å². The van der Waals surface area contributed by atoms with Gasteiger partial charge in [-0.3, -0.25) is 0 Å². The predicted molar refractivity (Wildman–Crippen MR) is 123 cm³/mol. The molecule has 0 N–H and O–H groups in total. The molecule has 6 nitrogen and oxygen atoms in total. The molecule has 2 atom stereocenters. The van der Waals surface area contributed by atoms with Gasteiger partial charge in [0.2, 0.25) is 0 Å². The van der Waals surface area contributed by atoms with Crippen molar-refractivity contribution in [1.29, 1.82) is 0 Å². The number of benzene rings is 3. The van der Waals surface area contributed by atoms with Crippen molar-refractivity contribution in [1.82, 2.24) is 0 Å². The molecule has 36 heavy (non-hydrogen) atoms. The third-order valence-corrected chi connectivity index (χ3v) is 7.57. The van der Waals surface area contributed by atoms with Gasteiger partial charge in [-0.25, -0.2) is 18.6 Å². The first-order valence-electron chi connectivity index (χ1n) is 11.6. The molecule has 0 amide bonds. The fraction of sp³-hybridized carbons (Fsp3) is 0.207. The average molecular weight is 504 g/mol. The van der Waals surface area contributed by atoms with Gasteiger partial charge in [-0.2, -0.15) is 4.57 Å². The number of hydrogen-bond donors (Lipinski definition) is 0. The molecule has 3 aromatic carbocycles. The maximum atomic E-state index is 8.49. The summed E-state index contributed by atoms with van der Waals surface area (Å²) in [4.78, 5) is 0. The molecule has 0 saturated carbocycles. The predicted octanol–water partition coefficient (Wildman–Crippen LogP) is 0.826. The molecule has 0 spiro atoms. The number of fused-ring (bicyclic) bond motifs is 1. The SMILES string of the molecule is COc1cccc2c1C1c3cccc[n+]3C2(C)CC1(c1ccccc1)c1ccccc1.[O-][Cl+3]([O-])([O-])[O-]. The second-order valence-electron chi connectivity index (χ2n) is 9.38. The van der Waals surface area contributed by atoms with Crippen LogP contribution in [0.2, 0.25) is 0 Å². The minimum Gasteiger partial charge on any atom is -0.496 e. The van der Waals surface area contributed by atoms with Crippen LogP contribution in [0.3, 0.4) is 0 Å². The zero-order chi connectivity index (χ0) is 25.6. The molecule has 2 aliphatic heterocycles. The van der Waals surface area contributed by atoms with Gasteiger partial charge >= 0.3 is 0 Å². The third kappa shape index (κ3) is 3.88. The number of rotatable bonds is 3. The summed E-state index contributed by atoms with van der Waals surface area (Å²) in [6.07, 6.45) is 3.26. The van der Waals surface area contributed by atoms with Crippen molar-refractivity contribution in [2.45, 2.75) is 30.2 Å². The van der Waals surface area contributed by atoms with Crippen molar-refractivity contribution in [3.05, 3.63) is 131 Å². The number of ether oxygens (including phenoxy) is 1. The van der Waals surface area contributed by atoms with E-state index in [-0.39, 0.29) is 16.9 Å². The Hall–Kier alpha value is -3.26. The Morgan fingerprint density at radius 3 is 1.89 bits per heavy atom. The molecule has 3 heterocycles. The van der Waals surface area contributed by atoms with Crippen LogP contribution >= 0.6 is 0 Å². The van der Waals surface area contributed by atoms with Gasteiger partial charge in [0.15, 0.2) is 17.4 Å². The Balaban J connectivity index is 0.000000489. The van der Waals surface area contributed by atoms with E-state index in [1.165, 1.54) is 27.9 Å². The summed E-state index contributed by atoms with van der Waals surface area (Å²) >= 11 is 0. The van der Waals surface area contributed by atoms with Gasteiger partial charge in [-0.05, 0) is 17.2 Å². The van der Waals surface area contributed by atoms with Crippen LogP contribution in [-0.4, -0.2) is 7.11 Å². The highest BCUT2D eigenvalue weighted by Gasteiger charge is 2.65. The Morgan fingerprint density at radius 2 is 1.33 bits per heavy atom. The number of pyridine rings is 1. The monoisotopic (exact) mass is 503 g/mol. The van der Waals surface area contributed by atoms with Gasteiger partial charge in [0.05, 0.1) is 13.0 Å². The van der Waals surface area contributed by atoms with E-state index in [0.717, 1.165) is 12.2 Å². The quantitative estimate of drug-likeness (QED) is 0.385. The number of halogens is 1. The highest BCUT2D eigenvalue weighted by Crippen LogP contribution is 2.62. The van der Waals surface area contributed by atoms with E-state index in [9.17, 15) is 0 Å². The smallest absolute Gasteiger partial charge is 0.192 e. The number of nitrogens with zero attached hydrogens (tertiary/aromatic N) is 1. The summed E-state index contributed by atoms with van der Waals surface area (Å²) in [7, 11) is -3.15. The van der Waals surface area contributed by atoms with Crippen molar-refractivity contribution in [3.8, 4) is 5.75 Å². The molecular weight excluding hydrogens is 478 g/mol. The normalized spacial score (nSPS) is 21.0. The first-order valence-corrected chi connectivity index (χ1v) is 12.8. The fourth-order valence-electron chi connectivity index (χ4n) is 6.41. The van der Waals surface area contributed by atoms with Gasteiger partial charge in [-0.15, -0.1) is 10.2 Å². The van der Waals surface area contributed by atoms with Crippen LogP contribution < -0.4 is 27.9 Å². The van der Waals surface area contributed by atoms with E-state index in [2.05, 4.69) is 115 Å². The van der Waals surface area contributed by atoms with Gasteiger partial charge in [0.25, 0.3) is 0 Å². The first-order chi connectivity index (χ1) is 17.2. The average Bonchev–Trinajstić information content (AvgIpc) is 2.88. The van der Waals surface area contributed by atoms with Crippen molar-refractivity contribution in [3.63, 3.8) is 0 Å². The minimum atomic E-state index is -4.94. The Morgan fingerprint density at radius 1 is 0.778 bits per heavy atom. The second kappa shape index (κ2) is 9.00. The summed E-state index contributed by atoms with van der Waals surface area (Å²) < 4.78 is 42.5. The Kier molecular flexibility index (Phi) is 6.11. The molecule has 0 saturated heterocycles. The number of aromatic nitrogens is 1. The summed E-state index contributed by atoms with van der Waals surface area (Å²) in [5, 5.41) is 0. The highest BCUT2D eigenvalue weighted by molar-refractivity contribution is 5.60. The van der Waals surface area contributed by atoms with Crippen molar-refractivity contribution < 1.29 is 38.2 Å². The van der Waals surface area contributed by atoms with E-state index >= 15 is 0 Å². The van der Waals surface area contributed by atoms with Gasteiger partial charge in [-0.1, -0.05) is 78.9 Å². The lowest BCUT2D eigenvalue weighted by atomic mass is 9.50. The minimum absolute atomic E-state index is 0.159. The van der Waals surface area contributed by atoms with Crippen molar-refractivity contribution in [2.24, 2.45) is 0 Å². The molecule has 0 radical (unpaired) electrons. The second-order valence-corrected chi connectivity index (χ2v) is 10.1. The van der Waals surface area contributed by atoms with E-state index in [4.69, 9.17) is 23.4 Å². The molecule has 7 heteroatoms. The molecule has 0 fully saturated rings. The number of methoxy groups -OCH3 is 1. The molecule has 2 unspecified atom stereocenters. The third-order valence-electron chi connectivity index (χ3n) is 7.57. The first kappa shape index (κ1) is 24.4. The van der Waals surface area contributed by atoms with Crippen LogP contribution in [0.5, 0.6) is 5.75 Å². The molecule has 3 aliphatic rings. The molecule has 7 rings (SSSR count). The van der Waals surface area contributed by atoms with Crippen LogP contribution in [0.1, 0.15) is 47.2 Å². The summed E-state index contributed by atoms with van der Waals surface area (Å²) in [6, 6.07) is 35.3. The van der Waals surface area contributed by atoms with Gasteiger partial charge in [0.1, 0.15) is 5.75 Å². The van der Waals surface area contributed by atoms with E-state index in [0.29, 0.717) is 0 Å². The molecule has 1 aromatic heterocycles. The Labute approximate surface area is 212 Å². The van der Waals surface area contributed by atoms with Crippen molar-refractivity contribution >= 4 is 0 Å². The van der Waals surface area contributed by atoms with Crippen LogP contribution in [0.4, 0.5) is 0 Å². The van der Waals surface area contributed by atoms with Crippen LogP contribution in [-0.2, 0) is 11.0 Å². The number of hydrogen-bond acceptors (Lipinski definition) is 5. The lowest BCUT2D eigenvalue weighted by Crippen LogP contribution is -2.69. The Bertz CT molecular complexity index is 1330. The standard InChI is InChI=1S/C29H26NO.ClHO4/c1-28-20-29(21-12-5-3-6-13-21,22-14-7-4-8-15-22)27(24-17-9-10-19-30(24)28)26-23(28)16-11-18-25(26)31-2;2-1(3,4)5/h3-19,27H,20H2,1-2H3;(H,2,3,4,5)/q+1;/p-1. The van der Waals surface area contributed by atoms with Crippen LogP contribution in [0.25, 0.3) is 0 Å². The zero-order valence-electron chi connectivity index (χ0n) is 20.0.